The second-order valence-electron chi connectivity index (χ2n) is 7.79. The van der Waals surface area contributed by atoms with Crippen LogP contribution in [-0.2, 0) is 15.6 Å². The Bertz CT molecular complexity index is 1180. The first-order valence-corrected chi connectivity index (χ1v) is 11.9. The monoisotopic (exact) mass is 499 g/mol. The van der Waals surface area contributed by atoms with Crippen LogP contribution in [-0.4, -0.2) is 49.0 Å². The molecule has 0 spiro atoms. The number of pyridine rings is 1. The molecule has 1 aromatic carbocycles. The Balaban J connectivity index is 1.92. The first-order valence-electron chi connectivity index (χ1n) is 10.3. The van der Waals surface area contributed by atoms with Crippen LogP contribution in [0.3, 0.4) is 0 Å². The third-order valence-corrected chi connectivity index (χ3v) is 7.28. The highest BCUT2D eigenvalue weighted by Crippen LogP contribution is 2.36. The van der Waals surface area contributed by atoms with Crippen LogP contribution in [0.15, 0.2) is 36.5 Å². The van der Waals surface area contributed by atoms with E-state index < -0.39 is 39.7 Å². The first kappa shape index (κ1) is 25.3. The van der Waals surface area contributed by atoms with Crippen molar-refractivity contribution in [2.45, 2.75) is 38.3 Å². The Labute approximate surface area is 194 Å². The molecular formula is C21H24F3N5O4S. The van der Waals surface area contributed by atoms with Crippen LogP contribution in [0.1, 0.15) is 42.2 Å². The summed E-state index contributed by atoms with van der Waals surface area (Å²) in [5.74, 6) is -2.46. The van der Waals surface area contributed by atoms with E-state index in [-0.39, 0.29) is 35.1 Å². The fourth-order valence-electron chi connectivity index (χ4n) is 3.63. The zero-order valence-corrected chi connectivity index (χ0v) is 19.3. The van der Waals surface area contributed by atoms with Gasteiger partial charge in [0, 0.05) is 18.3 Å². The summed E-state index contributed by atoms with van der Waals surface area (Å²) in [6.45, 7) is -1.13. The Kier molecular flexibility index (Phi) is 7.34. The number of anilines is 1. The molecule has 1 amide bonds. The molecule has 3 rings (SSSR count). The second-order valence-corrected chi connectivity index (χ2v) is 9.79. The second kappa shape index (κ2) is 9.87. The molecule has 1 aliphatic heterocycles. The van der Waals surface area contributed by atoms with Crippen molar-refractivity contribution in [1.29, 1.82) is 5.41 Å². The molecule has 0 radical (unpaired) electrons. The maximum absolute atomic E-state index is 15.0. The zero-order valence-electron chi connectivity index (χ0n) is 18.4. The van der Waals surface area contributed by atoms with E-state index in [0.717, 1.165) is 22.6 Å². The molecule has 1 aromatic heterocycles. The SMILES string of the molecule is CCCC[C@@]1(c2cc(NC(=O)c3ccc(OC(F)F)cn3)ccc2F)CS(=O)(=O)N(C)C(=N)N1. The number of carbonyl (C=O) groups excluding carboxylic acids is 1. The van der Waals surface area contributed by atoms with Crippen molar-refractivity contribution in [3.05, 3.63) is 53.6 Å². The number of sulfonamides is 1. The number of rotatable bonds is 8. The molecule has 0 saturated carbocycles. The smallest absolute Gasteiger partial charge is 0.387 e. The number of halogens is 3. The average molecular weight is 500 g/mol. The molecule has 9 nitrogen and oxygen atoms in total. The van der Waals surface area contributed by atoms with Crippen LogP contribution in [0.4, 0.5) is 18.9 Å². The summed E-state index contributed by atoms with van der Waals surface area (Å²) in [4.78, 5) is 16.3. The third-order valence-electron chi connectivity index (χ3n) is 5.41. The number of ether oxygens (including phenoxy) is 1. The van der Waals surface area contributed by atoms with Crippen LogP contribution in [0, 0.1) is 11.2 Å². The van der Waals surface area contributed by atoms with E-state index in [4.69, 9.17) is 5.41 Å². The Morgan fingerprint density at radius 2 is 2.09 bits per heavy atom. The van der Waals surface area contributed by atoms with Gasteiger partial charge < -0.3 is 15.4 Å². The molecule has 1 fully saturated rings. The van der Waals surface area contributed by atoms with Crippen molar-refractivity contribution in [3.8, 4) is 5.75 Å². The summed E-state index contributed by atoms with van der Waals surface area (Å²) < 4.78 is 69.9. The normalized spacial score (nSPS) is 19.6. The zero-order chi connectivity index (χ0) is 25.1. The number of nitrogens with zero attached hydrogens (tertiary/aromatic N) is 2. The largest absolute Gasteiger partial charge is 0.433 e. The number of unbranched alkanes of at least 4 members (excludes halogenated alkanes) is 1. The van der Waals surface area contributed by atoms with E-state index >= 15 is 0 Å². The predicted octanol–water partition coefficient (Wildman–Crippen LogP) is 3.26. The van der Waals surface area contributed by atoms with Crippen molar-refractivity contribution in [2.24, 2.45) is 0 Å². The topological polar surface area (TPSA) is 124 Å². The fourth-order valence-corrected chi connectivity index (χ4v) is 5.15. The van der Waals surface area contributed by atoms with Gasteiger partial charge in [0.2, 0.25) is 16.0 Å². The van der Waals surface area contributed by atoms with E-state index in [2.05, 4.69) is 20.4 Å². The number of aromatic nitrogens is 1. The molecule has 2 aromatic rings. The van der Waals surface area contributed by atoms with Gasteiger partial charge in [-0.3, -0.25) is 10.2 Å². The van der Waals surface area contributed by atoms with Crippen LogP contribution in [0.25, 0.3) is 0 Å². The molecule has 3 N–H and O–H groups in total. The van der Waals surface area contributed by atoms with Crippen LogP contribution in [0.5, 0.6) is 5.75 Å². The summed E-state index contributed by atoms with van der Waals surface area (Å²) in [5.41, 5.74) is -1.35. The van der Waals surface area contributed by atoms with Crippen molar-refractivity contribution < 1.29 is 31.1 Å². The molecule has 1 atom stereocenters. The molecular weight excluding hydrogens is 475 g/mol. The van der Waals surface area contributed by atoms with Crippen molar-refractivity contribution in [3.63, 3.8) is 0 Å². The Hall–Kier alpha value is -3.35. The van der Waals surface area contributed by atoms with E-state index in [1.54, 1.807) is 0 Å². The summed E-state index contributed by atoms with van der Waals surface area (Å²) in [7, 11) is -2.65. The summed E-state index contributed by atoms with van der Waals surface area (Å²) in [6, 6.07) is 6.06. The van der Waals surface area contributed by atoms with Gasteiger partial charge in [0.15, 0.2) is 0 Å². The maximum atomic E-state index is 15.0. The number of alkyl halides is 2. The minimum absolute atomic E-state index is 0.00573. The van der Waals surface area contributed by atoms with Crippen LogP contribution >= 0.6 is 0 Å². The summed E-state index contributed by atoms with van der Waals surface area (Å²) in [5, 5.41) is 13.5. The minimum Gasteiger partial charge on any atom is -0.433 e. The quantitative estimate of drug-likeness (QED) is 0.512. The van der Waals surface area contributed by atoms with Crippen LogP contribution in [0.2, 0.25) is 0 Å². The van der Waals surface area contributed by atoms with E-state index in [1.807, 2.05) is 6.92 Å². The van der Waals surface area contributed by atoms with Gasteiger partial charge in [-0.1, -0.05) is 19.8 Å². The molecule has 0 bridgehead atoms. The number of guanidine groups is 1. The first-order chi connectivity index (χ1) is 16.0. The average Bonchev–Trinajstić information content (AvgIpc) is 2.77. The van der Waals surface area contributed by atoms with E-state index in [1.165, 1.54) is 25.2 Å². The van der Waals surface area contributed by atoms with Crippen molar-refractivity contribution >= 4 is 27.6 Å². The molecule has 0 unspecified atom stereocenters. The fraction of sp³-hybridized carbons (Fsp3) is 0.381. The van der Waals surface area contributed by atoms with Gasteiger partial charge in [-0.2, -0.15) is 8.78 Å². The van der Waals surface area contributed by atoms with Crippen molar-refractivity contribution in [2.75, 3.05) is 18.1 Å². The van der Waals surface area contributed by atoms with Gasteiger partial charge in [-0.15, -0.1) is 0 Å². The minimum atomic E-state index is -3.89. The lowest BCUT2D eigenvalue weighted by Gasteiger charge is -2.43. The molecule has 2 heterocycles. The Morgan fingerprint density at radius 3 is 2.68 bits per heavy atom. The van der Waals surface area contributed by atoms with Gasteiger partial charge in [0.1, 0.15) is 17.3 Å². The lowest BCUT2D eigenvalue weighted by atomic mass is 9.85. The molecule has 1 saturated heterocycles. The summed E-state index contributed by atoms with van der Waals surface area (Å²) in [6.07, 6.45) is 2.48. The maximum Gasteiger partial charge on any atom is 0.387 e. The molecule has 1 aliphatic rings. The number of nitrogens with one attached hydrogen (secondary N) is 3. The molecule has 13 heteroatoms. The predicted molar refractivity (Wildman–Crippen MR) is 119 cm³/mol. The van der Waals surface area contributed by atoms with Crippen LogP contribution < -0.4 is 15.4 Å². The van der Waals surface area contributed by atoms with E-state index in [9.17, 15) is 26.4 Å². The molecule has 34 heavy (non-hydrogen) atoms. The molecule has 184 valence electrons. The number of hydrogen-bond acceptors (Lipinski definition) is 6. The molecule has 0 aliphatic carbocycles. The van der Waals surface area contributed by atoms with E-state index in [0.29, 0.717) is 12.8 Å². The standard InChI is InChI=1S/C21H24F3N5O4S/c1-3-4-9-21(12-34(31,32)29(2)20(25)28-21)15-10-13(5-7-16(15)22)27-18(30)17-8-6-14(11-26-17)33-19(23)24/h5-8,10-11,19H,3-4,9,12H2,1-2H3,(H2,25,28)(H,27,30)/t21-/m0/s1. The number of carbonyl (C=O) groups is 1. The van der Waals surface area contributed by atoms with Gasteiger partial charge in [-0.05, 0) is 36.8 Å². The highest BCUT2D eigenvalue weighted by atomic mass is 32.2. The summed E-state index contributed by atoms with van der Waals surface area (Å²) >= 11 is 0. The lowest BCUT2D eigenvalue weighted by Crippen LogP contribution is -2.62. The highest BCUT2D eigenvalue weighted by molar-refractivity contribution is 7.89. The number of benzene rings is 1. The van der Waals surface area contributed by atoms with Crippen molar-refractivity contribution in [1.82, 2.24) is 14.6 Å². The lowest BCUT2D eigenvalue weighted by molar-refractivity contribution is -0.0500. The highest BCUT2D eigenvalue weighted by Gasteiger charge is 2.46. The van der Waals surface area contributed by atoms with Gasteiger partial charge in [-0.25, -0.2) is 22.1 Å². The number of hydrogen-bond donors (Lipinski definition) is 3. The Morgan fingerprint density at radius 1 is 1.35 bits per heavy atom. The van der Waals surface area contributed by atoms with Gasteiger partial charge in [0.25, 0.3) is 5.91 Å². The third kappa shape index (κ3) is 5.41. The van der Waals surface area contributed by atoms with Gasteiger partial charge >= 0.3 is 6.61 Å². The number of amides is 1. The van der Waals surface area contributed by atoms with Gasteiger partial charge in [0.05, 0.1) is 17.5 Å².